The largest absolute Gasteiger partial charge is 0.461 e. The summed E-state index contributed by atoms with van der Waals surface area (Å²) in [5, 5.41) is 4.42. The first-order valence-corrected chi connectivity index (χ1v) is 8.84. The molecule has 8 heteroatoms. The molecule has 2 amide bonds. The van der Waals surface area contributed by atoms with Gasteiger partial charge in [0.1, 0.15) is 0 Å². The third-order valence-electron chi connectivity index (χ3n) is 4.44. The van der Waals surface area contributed by atoms with E-state index in [-0.39, 0.29) is 17.5 Å². The van der Waals surface area contributed by atoms with Crippen molar-refractivity contribution in [3.8, 4) is 11.5 Å². The molecule has 2 aromatic heterocycles. The van der Waals surface area contributed by atoms with E-state index in [9.17, 15) is 9.59 Å². The molecule has 3 aromatic rings. The van der Waals surface area contributed by atoms with Gasteiger partial charge in [-0.05, 0) is 36.4 Å². The number of benzene rings is 1. The van der Waals surface area contributed by atoms with Crippen LogP contribution in [0.2, 0.25) is 5.02 Å². The summed E-state index contributed by atoms with van der Waals surface area (Å²) in [5.41, 5.74) is 0.803. The van der Waals surface area contributed by atoms with Gasteiger partial charge in [-0.15, -0.1) is 0 Å². The monoisotopic (exact) mass is 385 g/mol. The van der Waals surface area contributed by atoms with Crippen LogP contribution in [0.5, 0.6) is 0 Å². The van der Waals surface area contributed by atoms with Crippen LogP contribution in [-0.2, 0) is 0 Å². The summed E-state index contributed by atoms with van der Waals surface area (Å²) >= 11 is 5.86. The van der Waals surface area contributed by atoms with E-state index in [1.165, 1.54) is 6.26 Å². The quantitative estimate of drug-likeness (QED) is 0.691. The van der Waals surface area contributed by atoms with Gasteiger partial charge in [0.2, 0.25) is 5.76 Å². The van der Waals surface area contributed by atoms with Crippen molar-refractivity contribution in [1.82, 2.24) is 15.0 Å². The molecule has 0 unspecified atom stereocenters. The van der Waals surface area contributed by atoms with E-state index in [2.05, 4.69) is 5.16 Å². The second-order valence-corrected chi connectivity index (χ2v) is 6.58. The molecule has 138 valence electrons. The van der Waals surface area contributed by atoms with E-state index in [0.29, 0.717) is 48.3 Å². The number of carbonyl (C=O) groups is 2. The van der Waals surface area contributed by atoms with Crippen molar-refractivity contribution in [3.05, 3.63) is 65.0 Å². The number of furan rings is 1. The first kappa shape index (κ1) is 17.4. The lowest BCUT2D eigenvalue weighted by Crippen LogP contribution is -2.50. The molecule has 0 spiro atoms. The molecule has 3 heterocycles. The van der Waals surface area contributed by atoms with E-state index in [4.69, 9.17) is 20.5 Å². The maximum Gasteiger partial charge on any atom is 0.276 e. The maximum absolute atomic E-state index is 12.6. The highest BCUT2D eigenvalue weighted by Crippen LogP contribution is 2.21. The van der Waals surface area contributed by atoms with Gasteiger partial charge >= 0.3 is 0 Å². The Bertz CT molecular complexity index is 942. The van der Waals surface area contributed by atoms with Crippen molar-refractivity contribution in [3.63, 3.8) is 0 Å². The minimum atomic E-state index is -0.227. The number of halogens is 1. The van der Waals surface area contributed by atoms with Gasteiger partial charge in [-0.25, -0.2) is 0 Å². The summed E-state index contributed by atoms with van der Waals surface area (Å²) in [4.78, 5) is 28.5. The zero-order valence-corrected chi connectivity index (χ0v) is 15.1. The van der Waals surface area contributed by atoms with Gasteiger partial charge in [-0.3, -0.25) is 9.59 Å². The number of aromatic nitrogens is 1. The second-order valence-electron chi connectivity index (χ2n) is 6.14. The van der Waals surface area contributed by atoms with Gasteiger partial charge in [0.25, 0.3) is 11.8 Å². The Kier molecular flexibility index (Phi) is 4.68. The van der Waals surface area contributed by atoms with Crippen LogP contribution in [0.15, 0.2) is 57.7 Å². The molecular weight excluding hydrogens is 370 g/mol. The lowest BCUT2D eigenvalue weighted by molar-refractivity contribution is 0.0530. The summed E-state index contributed by atoms with van der Waals surface area (Å²) in [6.07, 6.45) is 1.52. The average molecular weight is 386 g/mol. The molecule has 7 nitrogen and oxygen atoms in total. The lowest BCUT2D eigenvalue weighted by Gasteiger charge is -2.34. The number of piperazine rings is 1. The molecule has 1 aromatic carbocycles. The van der Waals surface area contributed by atoms with Crippen molar-refractivity contribution in [2.24, 2.45) is 0 Å². The Balaban J connectivity index is 1.38. The van der Waals surface area contributed by atoms with Gasteiger partial charge in [0.05, 0.1) is 6.26 Å². The number of rotatable bonds is 3. The fourth-order valence-electron chi connectivity index (χ4n) is 2.96. The summed E-state index contributed by atoms with van der Waals surface area (Å²) < 4.78 is 10.4. The fraction of sp³-hybridized carbons (Fsp3) is 0.211. The molecule has 1 aliphatic rings. The van der Waals surface area contributed by atoms with Crippen molar-refractivity contribution in [2.75, 3.05) is 26.2 Å². The SMILES string of the molecule is O=C(c1ccc(Cl)cc1)N1CCN(C(=O)c2cc(-c3ccco3)on2)CC1. The van der Waals surface area contributed by atoms with Crippen LogP contribution in [0.1, 0.15) is 20.8 Å². The maximum atomic E-state index is 12.6. The van der Waals surface area contributed by atoms with Crippen LogP contribution in [-0.4, -0.2) is 52.9 Å². The molecule has 0 radical (unpaired) electrons. The first-order valence-electron chi connectivity index (χ1n) is 8.46. The van der Waals surface area contributed by atoms with E-state index < -0.39 is 0 Å². The summed E-state index contributed by atoms with van der Waals surface area (Å²) in [5.74, 6) is 0.621. The van der Waals surface area contributed by atoms with Crippen molar-refractivity contribution >= 4 is 23.4 Å². The van der Waals surface area contributed by atoms with E-state index >= 15 is 0 Å². The van der Waals surface area contributed by atoms with Crippen LogP contribution in [0.4, 0.5) is 0 Å². The third kappa shape index (κ3) is 3.59. The van der Waals surface area contributed by atoms with Gasteiger partial charge in [0, 0.05) is 42.8 Å². The summed E-state index contributed by atoms with van der Waals surface area (Å²) in [6, 6.07) is 11.8. The van der Waals surface area contributed by atoms with Crippen molar-refractivity contribution in [2.45, 2.75) is 0 Å². The Morgan fingerprint density at radius 2 is 1.59 bits per heavy atom. The van der Waals surface area contributed by atoms with E-state index in [1.807, 2.05) is 0 Å². The Morgan fingerprint density at radius 3 is 2.22 bits per heavy atom. The average Bonchev–Trinajstić information content (AvgIpc) is 3.39. The minimum absolute atomic E-state index is 0.0692. The summed E-state index contributed by atoms with van der Waals surface area (Å²) in [6.45, 7) is 1.77. The molecule has 27 heavy (non-hydrogen) atoms. The highest BCUT2D eigenvalue weighted by atomic mass is 35.5. The molecule has 1 saturated heterocycles. The van der Waals surface area contributed by atoms with E-state index in [0.717, 1.165) is 0 Å². The molecule has 0 atom stereocenters. The Labute approximate surface area is 160 Å². The molecule has 1 fully saturated rings. The second kappa shape index (κ2) is 7.28. The number of amides is 2. The molecule has 0 N–H and O–H groups in total. The number of hydrogen-bond donors (Lipinski definition) is 0. The lowest BCUT2D eigenvalue weighted by atomic mass is 10.1. The van der Waals surface area contributed by atoms with Gasteiger partial charge < -0.3 is 18.7 Å². The van der Waals surface area contributed by atoms with Crippen molar-refractivity contribution < 1.29 is 18.5 Å². The summed E-state index contributed by atoms with van der Waals surface area (Å²) in [7, 11) is 0. The number of carbonyl (C=O) groups excluding carboxylic acids is 2. The predicted molar refractivity (Wildman–Crippen MR) is 97.5 cm³/mol. The first-order chi connectivity index (χ1) is 13.1. The molecule has 1 aliphatic heterocycles. The molecule has 0 bridgehead atoms. The molecule has 0 aliphatic carbocycles. The van der Waals surface area contributed by atoms with Gasteiger partial charge in [-0.1, -0.05) is 16.8 Å². The standard InChI is InChI=1S/C19H16ClN3O4/c20-14-5-3-13(4-6-14)18(24)22-7-9-23(10-8-22)19(25)15-12-17(27-21-15)16-2-1-11-26-16/h1-6,11-12H,7-10H2. The normalized spacial score (nSPS) is 14.4. The smallest absolute Gasteiger partial charge is 0.276 e. The van der Waals surface area contributed by atoms with Crippen LogP contribution in [0, 0.1) is 0 Å². The van der Waals surface area contributed by atoms with Crippen LogP contribution >= 0.6 is 11.6 Å². The molecule has 0 saturated carbocycles. The van der Waals surface area contributed by atoms with Crippen LogP contribution in [0.25, 0.3) is 11.5 Å². The van der Waals surface area contributed by atoms with Gasteiger partial charge in [0.15, 0.2) is 11.5 Å². The van der Waals surface area contributed by atoms with E-state index in [1.54, 1.807) is 52.3 Å². The Morgan fingerprint density at radius 1 is 0.926 bits per heavy atom. The minimum Gasteiger partial charge on any atom is -0.461 e. The van der Waals surface area contributed by atoms with Crippen molar-refractivity contribution in [1.29, 1.82) is 0 Å². The van der Waals surface area contributed by atoms with Gasteiger partial charge in [-0.2, -0.15) is 0 Å². The number of nitrogens with zero attached hydrogens (tertiary/aromatic N) is 3. The topological polar surface area (TPSA) is 79.8 Å². The molecule has 4 rings (SSSR count). The highest BCUT2D eigenvalue weighted by Gasteiger charge is 2.27. The predicted octanol–water partition coefficient (Wildman–Crippen LogP) is 3.19. The van der Waals surface area contributed by atoms with Crippen LogP contribution in [0.3, 0.4) is 0 Å². The highest BCUT2D eigenvalue weighted by molar-refractivity contribution is 6.30. The van der Waals surface area contributed by atoms with Crippen LogP contribution < -0.4 is 0 Å². The molecular formula is C19H16ClN3O4. The zero-order valence-electron chi connectivity index (χ0n) is 14.3. The zero-order chi connectivity index (χ0) is 18.8. The Hall–Kier alpha value is -3.06. The fourth-order valence-corrected chi connectivity index (χ4v) is 3.09. The number of hydrogen-bond acceptors (Lipinski definition) is 5. The third-order valence-corrected chi connectivity index (χ3v) is 4.69.